The Bertz CT molecular complexity index is 572. The quantitative estimate of drug-likeness (QED) is 0.811. The molecule has 2 fully saturated rings. The molecule has 2 saturated heterocycles. The van der Waals surface area contributed by atoms with Crippen molar-refractivity contribution < 1.29 is 9.59 Å². The number of hydrogen-bond donors (Lipinski definition) is 0. The predicted molar refractivity (Wildman–Crippen MR) is 88.9 cm³/mol. The van der Waals surface area contributed by atoms with Gasteiger partial charge in [0, 0.05) is 38.5 Å². The van der Waals surface area contributed by atoms with Crippen molar-refractivity contribution in [3.63, 3.8) is 0 Å². The highest BCUT2D eigenvalue weighted by molar-refractivity contribution is 5.78. The van der Waals surface area contributed by atoms with Crippen molar-refractivity contribution in [1.29, 1.82) is 0 Å². The van der Waals surface area contributed by atoms with E-state index in [1.165, 1.54) is 6.33 Å². The maximum atomic E-state index is 12.5. The number of likely N-dealkylation sites (tertiary alicyclic amines) is 2. The number of aryl methyl sites for hydroxylation is 1. The van der Waals surface area contributed by atoms with E-state index in [0.29, 0.717) is 37.3 Å². The van der Waals surface area contributed by atoms with Gasteiger partial charge in [-0.05, 0) is 24.7 Å². The summed E-state index contributed by atoms with van der Waals surface area (Å²) in [6.07, 6.45) is 6.00. The normalized spacial score (nSPS) is 24.4. The number of aromatic nitrogens is 3. The smallest absolute Gasteiger partial charge is 0.224 e. The van der Waals surface area contributed by atoms with Crippen LogP contribution in [-0.4, -0.2) is 62.1 Å². The lowest BCUT2D eigenvalue weighted by molar-refractivity contribution is -0.145. The first-order valence-electron chi connectivity index (χ1n) is 8.94. The van der Waals surface area contributed by atoms with Crippen molar-refractivity contribution in [2.24, 2.45) is 11.8 Å². The topological polar surface area (TPSA) is 71.3 Å². The van der Waals surface area contributed by atoms with E-state index in [1.807, 2.05) is 4.90 Å². The van der Waals surface area contributed by atoms with Gasteiger partial charge in [-0.3, -0.25) is 14.3 Å². The van der Waals surface area contributed by atoms with Gasteiger partial charge >= 0.3 is 0 Å². The molecule has 0 spiro atoms. The number of fused-ring (bicyclic) bond motifs is 1. The minimum Gasteiger partial charge on any atom is -0.342 e. The molecule has 132 valence electrons. The Hall–Kier alpha value is -1.92. The lowest BCUT2D eigenvalue weighted by Crippen LogP contribution is -2.57. The zero-order chi connectivity index (χ0) is 17.1. The summed E-state index contributed by atoms with van der Waals surface area (Å²) in [4.78, 5) is 32.7. The van der Waals surface area contributed by atoms with Crippen molar-refractivity contribution >= 4 is 11.8 Å². The second-order valence-corrected chi connectivity index (χ2v) is 7.34. The Kier molecular flexibility index (Phi) is 5.16. The molecule has 7 heteroatoms. The maximum Gasteiger partial charge on any atom is 0.224 e. The van der Waals surface area contributed by atoms with Crippen molar-refractivity contribution in [1.82, 2.24) is 24.6 Å². The van der Waals surface area contributed by atoms with Gasteiger partial charge in [-0.25, -0.2) is 4.98 Å². The molecule has 7 nitrogen and oxygen atoms in total. The van der Waals surface area contributed by atoms with E-state index in [-0.39, 0.29) is 11.8 Å². The standard InChI is InChI=1S/C17H27N5O2/c1-13(2)9-22-15-5-7-20(10-14(15)3-4-17(22)24)16(23)6-8-21-12-18-11-19-21/h11-15H,3-10H2,1-2H3/t14-,15+/m0/s1. The van der Waals surface area contributed by atoms with Crippen LogP contribution >= 0.6 is 0 Å². The highest BCUT2D eigenvalue weighted by Crippen LogP contribution is 2.32. The van der Waals surface area contributed by atoms with Gasteiger partial charge in [0.1, 0.15) is 12.7 Å². The zero-order valence-electron chi connectivity index (χ0n) is 14.6. The summed E-state index contributed by atoms with van der Waals surface area (Å²) < 4.78 is 1.69. The van der Waals surface area contributed by atoms with Crippen LogP contribution in [0, 0.1) is 11.8 Å². The molecular formula is C17H27N5O2. The average Bonchev–Trinajstić information content (AvgIpc) is 3.08. The van der Waals surface area contributed by atoms with E-state index in [4.69, 9.17) is 0 Å². The van der Waals surface area contributed by atoms with Gasteiger partial charge in [-0.1, -0.05) is 13.8 Å². The summed E-state index contributed by atoms with van der Waals surface area (Å²) in [5.41, 5.74) is 0. The fourth-order valence-electron chi connectivity index (χ4n) is 3.92. The summed E-state index contributed by atoms with van der Waals surface area (Å²) in [5, 5.41) is 4.04. The summed E-state index contributed by atoms with van der Waals surface area (Å²) in [6, 6.07) is 0.313. The molecule has 2 aliphatic rings. The number of piperidine rings is 2. The molecule has 0 bridgehead atoms. The molecule has 0 saturated carbocycles. The molecule has 2 atom stereocenters. The van der Waals surface area contributed by atoms with E-state index in [2.05, 4.69) is 28.8 Å². The van der Waals surface area contributed by atoms with Crippen molar-refractivity contribution in [3.8, 4) is 0 Å². The Balaban J connectivity index is 1.56. The van der Waals surface area contributed by atoms with Gasteiger partial charge in [0.25, 0.3) is 0 Å². The van der Waals surface area contributed by atoms with Crippen LogP contribution in [0.3, 0.4) is 0 Å². The zero-order valence-corrected chi connectivity index (χ0v) is 14.6. The summed E-state index contributed by atoms with van der Waals surface area (Å²) in [5.74, 6) is 1.37. The van der Waals surface area contributed by atoms with E-state index >= 15 is 0 Å². The van der Waals surface area contributed by atoms with Crippen LogP contribution in [0.2, 0.25) is 0 Å². The second kappa shape index (κ2) is 7.32. The predicted octanol–water partition coefficient (Wildman–Crippen LogP) is 1.16. The maximum absolute atomic E-state index is 12.5. The Labute approximate surface area is 143 Å². The number of amides is 2. The number of carbonyl (C=O) groups is 2. The van der Waals surface area contributed by atoms with Crippen LogP contribution < -0.4 is 0 Å². The van der Waals surface area contributed by atoms with E-state index in [9.17, 15) is 9.59 Å². The van der Waals surface area contributed by atoms with Crippen molar-refractivity contribution in [2.75, 3.05) is 19.6 Å². The number of rotatable bonds is 5. The number of carbonyl (C=O) groups excluding carboxylic acids is 2. The van der Waals surface area contributed by atoms with Crippen LogP contribution in [0.15, 0.2) is 12.7 Å². The average molecular weight is 333 g/mol. The highest BCUT2D eigenvalue weighted by atomic mass is 16.2. The van der Waals surface area contributed by atoms with E-state index in [0.717, 1.165) is 32.5 Å². The van der Waals surface area contributed by atoms with Gasteiger partial charge in [0.15, 0.2) is 0 Å². The molecule has 0 radical (unpaired) electrons. The SMILES string of the molecule is CC(C)CN1C(=O)CC[C@H]2CN(C(=O)CCn3cncn3)CC[C@H]21. The summed E-state index contributed by atoms with van der Waals surface area (Å²) >= 11 is 0. The molecule has 3 rings (SSSR count). The largest absolute Gasteiger partial charge is 0.342 e. The molecule has 1 aromatic heterocycles. The number of nitrogens with zero attached hydrogens (tertiary/aromatic N) is 5. The molecule has 2 amide bonds. The van der Waals surface area contributed by atoms with Gasteiger partial charge in [0.05, 0.1) is 6.54 Å². The summed E-state index contributed by atoms with van der Waals surface area (Å²) in [6.45, 7) is 7.24. The Morgan fingerprint density at radius 3 is 2.92 bits per heavy atom. The van der Waals surface area contributed by atoms with Gasteiger partial charge in [0.2, 0.25) is 11.8 Å². The lowest BCUT2D eigenvalue weighted by Gasteiger charge is -2.47. The van der Waals surface area contributed by atoms with Gasteiger partial charge in [-0.15, -0.1) is 0 Å². The molecule has 2 aliphatic heterocycles. The van der Waals surface area contributed by atoms with Crippen LogP contribution in [0.4, 0.5) is 0 Å². The first kappa shape index (κ1) is 16.9. The second-order valence-electron chi connectivity index (χ2n) is 7.34. The van der Waals surface area contributed by atoms with Crippen LogP contribution in [-0.2, 0) is 16.1 Å². The first-order valence-corrected chi connectivity index (χ1v) is 8.94. The van der Waals surface area contributed by atoms with Crippen LogP contribution in [0.1, 0.15) is 39.5 Å². The number of hydrogen-bond acceptors (Lipinski definition) is 4. The van der Waals surface area contributed by atoms with Crippen LogP contribution in [0.5, 0.6) is 0 Å². The molecule has 0 N–H and O–H groups in total. The van der Waals surface area contributed by atoms with E-state index < -0.39 is 0 Å². The first-order chi connectivity index (χ1) is 11.5. The molecule has 24 heavy (non-hydrogen) atoms. The van der Waals surface area contributed by atoms with E-state index in [1.54, 1.807) is 11.0 Å². The molecular weight excluding hydrogens is 306 g/mol. The molecule has 0 aliphatic carbocycles. The lowest BCUT2D eigenvalue weighted by atomic mass is 9.83. The fraction of sp³-hybridized carbons (Fsp3) is 0.765. The summed E-state index contributed by atoms with van der Waals surface area (Å²) in [7, 11) is 0. The fourth-order valence-corrected chi connectivity index (χ4v) is 3.92. The minimum absolute atomic E-state index is 0.177. The Morgan fingerprint density at radius 1 is 1.38 bits per heavy atom. The van der Waals surface area contributed by atoms with Gasteiger partial charge < -0.3 is 9.80 Å². The molecule has 0 aromatic carbocycles. The van der Waals surface area contributed by atoms with Crippen LogP contribution in [0.25, 0.3) is 0 Å². The molecule has 3 heterocycles. The molecule has 0 unspecified atom stereocenters. The third-order valence-electron chi connectivity index (χ3n) is 5.08. The van der Waals surface area contributed by atoms with Crippen molar-refractivity contribution in [2.45, 2.75) is 52.1 Å². The molecule has 1 aromatic rings. The third-order valence-corrected chi connectivity index (χ3v) is 5.08. The third kappa shape index (κ3) is 3.76. The highest BCUT2D eigenvalue weighted by Gasteiger charge is 2.40. The van der Waals surface area contributed by atoms with Crippen molar-refractivity contribution in [3.05, 3.63) is 12.7 Å². The monoisotopic (exact) mass is 333 g/mol. The van der Waals surface area contributed by atoms with Gasteiger partial charge in [-0.2, -0.15) is 5.10 Å². The Morgan fingerprint density at radius 2 is 2.21 bits per heavy atom. The minimum atomic E-state index is 0.177.